The van der Waals surface area contributed by atoms with Crippen molar-refractivity contribution >= 4 is 11.3 Å². The molecule has 3 heteroatoms. The maximum absolute atomic E-state index is 4.60. The number of nitrogens with one attached hydrogen (secondary N) is 1. The van der Waals surface area contributed by atoms with Gasteiger partial charge in [0, 0.05) is 16.3 Å². The molecule has 0 saturated carbocycles. The number of aryl methyl sites for hydroxylation is 3. The van der Waals surface area contributed by atoms with Crippen molar-refractivity contribution in [1.82, 2.24) is 10.3 Å². The van der Waals surface area contributed by atoms with Crippen LogP contribution in [0.15, 0.2) is 23.6 Å². The molecule has 1 atom stereocenters. The van der Waals surface area contributed by atoms with Crippen LogP contribution >= 0.6 is 11.3 Å². The van der Waals surface area contributed by atoms with Crippen molar-refractivity contribution in [2.45, 2.75) is 40.2 Å². The molecule has 0 aliphatic rings. The van der Waals surface area contributed by atoms with Crippen LogP contribution < -0.4 is 5.32 Å². The van der Waals surface area contributed by atoms with E-state index in [0.29, 0.717) is 0 Å². The van der Waals surface area contributed by atoms with Gasteiger partial charge in [-0.15, -0.1) is 11.3 Å². The molecule has 102 valence electrons. The van der Waals surface area contributed by atoms with Crippen LogP contribution in [0.3, 0.4) is 0 Å². The summed E-state index contributed by atoms with van der Waals surface area (Å²) in [5.74, 6) is 0. The number of hydrogen-bond acceptors (Lipinski definition) is 3. The molecular weight excluding hydrogens is 252 g/mol. The first-order valence-electron chi connectivity index (χ1n) is 6.84. The summed E-state index contributed by atoms with van der Waals surface area (Å²) in [7, 11) is 0. The lowest BCUT2D eigenvalue weighted by molar-refractivity contribution is 0.595. The van der Waals surface area contributed by atoms with Gasteiger partial charge < -0.3 is 5.32 Å². The zero-order valence-corrected chi connectivity index (χ0v) is 13.0. The topological polar surface area (TPSA) is 24.9 Å². The molecular formula is C16H22N2S. The van der Waals surface area contributed by atoms with Crippen molar-refractivity contribution in [2.24, 2.45) is 0 Å². The van der Waals surface area contributed by atoms with Gasteiger partial charge in [-0.05, 0) is 62.4 Å². The average molecular weight is 274 g/mol. The minimum atomic E-state index is 0.262. The molecule has 0 radical (unpaired) electrons. The Hall–Kier alpha value is -1.19. The second-order valence-electron chi connectivity index (χ2n) is 5.01. The summed E-state index contributed by atoms with van der Waals surface area (Å²) in [6, 6.07) is 6.84. The maximum Gasteiger partial charge on any atom is 0.0602 e. The maximum atomic E-state index is 4.60. The van der Waals surface area contributed by atoms with Crippen molar-refractivity contribution in [2.75, 3.05) is 6.54 Å². The minimum Gasteiger partial charge on any atom is -0.306 e. The summed E-state index contributed by atoms with van der Waals surface area (Å²) >= 11 is 1.81. The highest BCUT2D eigenvalue weighted by Gasteiger charge is 2.17. The van der Waals surface area contributed by atoms with Crippen LogP contribution in [0, 0.1) is 20.8 Å². The highest BCUT2D eigenvalue weighted by atomic mass is 32.1. The summed E-state index contributed by atoms with van der Waals surface area (Å²) in [4.78, 5) is 5.96. The van der Waals surface area contributed by atoms with E-state index in [1.165, 1.54) is 16.0 Å². The van der Waals surface area contributed by atoms with Crippen LogP contribution in [0.2, 0.25) is 0 Å². The number of hydrogen-bond donors (Lipinski definition) is 1. The summed E-state index contributed by atoms with van der Waals surface area (Å²) in [5, 5.41) is 5.89. The molecule has 0 aliphatic heterocycles. The van der Waals surface area contributed by atoms with Crippen molar-refractivity contribution in [3.05, 3.63) is 51.0 Å². The van der Waals surface area contributed by atoms with Crippen LogP contribution in [-0.2, 0) is 0 Å². The molecule has 0 spiro atoms. The van der Waals surface area contributed by atoms with E-state index in [0.717, 1.165) is 24.4 Å². The predicted octanol–water partition coefficient (Wildman–Crippen LogP) is 4.16. The SMILES string of the molecule is CCCNC(c1csc(C)c1)c1ccc(C)nc1C. The third kappa shape index (κ3) is 3.43. The molecule has 1 unspecified atom stereocenters. The average Bonchev–Trinajstić information content (AvgIpc) is 2.78. The molecule has 0 aromatic carbocycles. The lowest BCUT2D eigenvalue weighted by Gasteiger charge is -2.20. The fourth-order valence-electron chi connectivity index (χ4n) is 2.31. The van der Waals surface area contributed by atoms with Crippen LogP contribution in [0.1, 0.15) is 46.8 Å². The van der Waals surface area contributed by atoms with Crippen molar-refractivity contribution in [3.8, 4) is 0 Å². The zero-order valence-electron chi connectivity index (χ0n) is 12.2. The van der Waals surface area contributed by atoms with Crippen molar-refractivity contribution in [3.63, 3.8) is 0 Å². The van der Waals surface area contributed by atoms with Gasteiger partial charge in [-0.1, -0.05) is 13.0 Å². The zero-order chi connectivity index (χ0) is 13.8. The molecule has 2 nitrogen and oxygen atoms in total. The van der Waals surface area contributed by atoms with Gasteiger partial charge in [0.15, 0.2) is 0 Å². The molecule has 19 heavy (non-hydrogen) atoms. The lowest BCUT2D eigenvalue weighted by atomic mass is 9.99. The Bertz CT molecular complexity index is 545. The monoisotopic (exact) mass is 274 g/mol. The first-order chi connectivity index (χ1) is 9.11. The molecule has 0 aliphatic carbocycles. The van der Waals surface area contributed by atoms with Crippen LogP contribution in [0.25, 0.3) is 0 Å². The Balaban J connectivity index is 2.36. The Morgan fingerprint density at radius 2 is 2.05 bits per heavy atom. The third-order valence-electron chi connectivity index (χ3n) is 3.26. The molecule has 0 bridgehead atoms. The van der Waals surface area contributed by atoms with Crippen LogP contribution in [-0.4, -0.2) is 11.5 Å². The lowest BCUT2D eigenvalue weighted by Crippen LogP contribution is -2.23. The normalized spacial score (nSPS) is 12.6. The number of thiophene rings is 1. The molecule has 0 amide bonds. The molecule has 2 rings (SSSR count). The molecule has 1 N–H and O–H groups in total. The number of nitrogens with zero attached hydrogens (tertiary/aromatic N) is 1. The molecule has 0 fully saturated rings. The molecule has 0 saturated heterocycles. The second-order valence-corrected chi connectivity index (χ2v) is 6.12. The number of rotatable bonds is 5. The molecule has 2 aromatic heterocycles. The van der Waals surface area contributed by atoms with E-state index in [1.54, 1.807) is 0 Å². The summed E-state index contributed by atoms with van der Waals surface area (Å²) in [6.45, 7) is 9.52. The van der Waals surface area contributed by atoms with Crippen molar-refractivity contribution < 1.29 is 0 Å². The Morgan fingerprint density at radius 1 is 1.26 bits per heavy atom. The Kier molecular flexibility index (Phi) is 4.72. The predicted molar refractivity (Wildman–Crippen MR) is 82.9 cm³/mol. The third-order valence-corrected chi connectivity index (χ3v) is 4.14. The fourth-order valence-corrected chi connectivity index (χ4v) is 3.04. The van der Waals surface area contributed by atoms with E-state index in [1.807, 2.05) is 18.3 Å². The van der Waals surface area contributed by atoms with Gasteiger partial charge in [-0.25, -0.2) is 0 Å². The standard InChI is InChI=1S/C16H22N2S/c1-5-8-17-16(14-9-12(3)19-10-14)15-7-6-11(2)18-13(15)4/h6-7,9-10,16-17H,5,8H2,1-4H3. The van der Waals surface area contributed by atoms with E-state index >= 15 is 0 Å². The molecule has 2 heterocycles. The highest BCUT2D eigenvalue weighted by molar-refractivity contribution is 7.10. The van der Waals surface area contributed by atoms with E-state index in [2.05, 4.69) is 54.7 Å². The fraction of sp³-hybridized carbons (Fsp3) is 0.438. The summed E-state index contributed by atoms with van der Waals surface area (Å²) < 4.78 is 0. The number of aromatic nitrogens is 1. The quantitative estimate of drug-likeness (QED) is 0.885. The second kappa shape index (κ2) is 6.31. The van der Waals surface area contributed by atoms with E-state index < -0.39 is 0 Å². The van der Waals surface area contributed by atoms with Gasteiger partial charge in [0.2, 0.25) is 0 Å². The Labute approximate surface area is 119 Å². The number of pyridine rings is 1. The smallest absolute Gasteiger partial charge is 0.0602 e. The largest absolute Gasteiger partial charge is 0.306 e. The Morgan fingerprint density at radius 3 is 2.63 bits per heavy atom. The van der Waals surface area contributed by atoms with E-state index in [-0.39, 0.29) is 6.04 Å². The van der Waals surface area contributed by atoms with Crippen LogP contribution in [0.5, 0.6) is 0 Å². The van der Waals surface area contributed by atoms with E-state index in [4.69, 9.17) is 0 Å². The van der Waals surface area contributed by atoms with Crippen molar-refractivity contribution in [1.29, 1.82) is 0 Å². The summed E-state index contributed by atoms with van der Waals surface area (Å²) in [6.07, 6.45) is 1.14. The minimum absolute atomic E-state index is 0.262. The van der Waals surface area contributed by atoms with Gasteiger partial charge in [0.1, 0.15) is 0 Å². The summed E-state index contributed by atoms with van der Waals surface area (Å²) in [5.41, 5.74) is 4.84. The van der Waals surface area contributed by atoms with Gasteiger partial charge in [0.25, 0.3) is 0 Å². The van der Waals surface area contributed by atoms with E-state index in [9.17, 15) is 0 Å². The molecule has 2 aromatic rings. The first-order valence-corrected chi connectivity index (χ1v) is 7.72. The highest BCUT2D eigenvalue weighted by Crippen LogP contribution is 2.27. The van der Waals surface area contributed by atoms with Gasteiger partial charge in [-0.2, -0.15) is 0 Å². The van der Waals surface area contributed by atoms with Gasteiger partial charge in [-0.3, -0.25) is 4.98 Å². The van der Waals surface area contributed by atoms with Gasteiger partial charge >= 0.3 is 0 Å². The van der Waals surface area contributed by atoms with Gasteiger partial charge in [0.05, 0.1) is 6.04 Å². The first kappa shape index (κ1) is 14.2. The van der Waals surface area contributed by atoms with Crippen LogP contribution in [0.4, 0.5) is 0 Å².